The smallest absolute Gasteiger partial charge is 0.258 e. The first-order chi connectivity index (χ1) is 10.1. The van der Waals surface area contributed by atoms with Crippen molar-refractivity contribution in [2.75, 3.05) is 37.4 Å². The molecule has 0 radical (unpaired) electrons. The number of nitrogens with zero attached hydrogens (tertiary/aromatic N) is 7. The highest BCUT2D eigenvalue weighted by Gasteiger charge is 2.15. The van der Waals surface area contributed by atoms with Gasteiger partial charge in [-0.3, -0.25) is 0 Å². The van der Waals surface area contributed by atoms with E-state index in [1.807, 2.05) is 4.90 Å². The Morgan fingerprint density at radius 1 is 1.33 bits per heavy atom. The second kappa shape index (κ2) is 6.93. The third kappa shape index (κ3) is 4.09. The number of nitrogens with two attached hydrogens (primary N) is 1. The lowest BCUT2D eigenvalue weighted by molar-refractivity contribution is 0.204. The van der Waals surface area contributed by atoms with E-state index in [2.05, 4.69) is 38.9 Å². The van der Waals surface area contributed by atoms with Crippen LogP contribution in [0, 0.1) is 5.92 Å². The van der Waals surface area contributed by atoms with E-state index in [0.29, 0.717) is 31.0 Å². The van der Waals surface area contributed by atoms with Gasteiger partial charge in [-0.25, -0.2) is 4.98 Å². The molecule has 2 N–H and O–H groups in total. The molecule has 0 saturated heterocycles. The third-order valence-electron chi connectivity index (χ3n) is 2.69. The van der Waals surface area contributed by atoms with Gasteiger partial charge in [0.25, 0.3) is 5.95 Å². The van der Waals surface area contributed by atoms with Gasteiger partial charge in [0.2, 0.25) is 11.9 Å². The average Bonchev–Trinajstić information content (AvgIpc) is 2.96. The molecule has 2 rings (SSSR count). The van der Waals surface area contributed by atoms with Gasteiger partial charge in [0, 0.05) is 20.2 Å². The Morgan fingerprint density at radius 3 is 2.76 bits per heavy atom. The van der Waals surface area contributed by atoms with Crippen LogP contribution < -0.4 is 10.6 Å². The van der Waals surface area contributed by atoms with Crippen molar-refractivity contribution in [1.29, 1.82) is 0 Å². The molecular weight excluding hydrogens is 272 g/mol. The van der Waals surface area contributed by atoms with Gasteiger partial charge in [-0.1, -0.05) is 13.8 Å². The molecule has 9 nitrogen and oxygen atoms in total. The maximum atomic E-state index is 5.78. The van der Waals surface area contributed by atoms with Crippen LogP contribution in [-0.4, -0.2) is 56.5 Å². The first-order valence-corrected chi connectivity index (χ1v) is 6.70. The van der Waals surface area contributed by atoms with E-state index in [9.17, 15) is 0 Å². The monoisotopic (exact) mass is 292 g/mol. The van der Waals surface area contributed by atoms with E-state index in [0.717, 1.165) is 6.54 Å². The van der Waals surface area contributed by atoms with E-state index in [1.165, 1.54) is 17.3 Å². The number of hydrogen-bond donors (Lipinski definition) is 1. The maximum Gasteiger partial charge on any atom is 0.258 e. The molecule has 0 unspecified atom stereocenters. The molecule has 0 aliphatic heterocycles. The number of anilines is 2. The molecule has 2 aromatic rings. The largest absolute Gasteiger partial charge is 0.383 e. The fourth-order valence-corrected chi connectivity index (χ4v) is 1.84. The van der Waals surface area contributed by atoms with Crippen LogP contribution in [0.2, 0.25) is 0 Å². The second-order valence-corrected chi connectivity index (χ2v) is 4.97. The van der Waals surface area contributed by atoms with Crippen LogP contribution >= 0.6 is 0 Å². The van der Waals surface area contributed by atoms with Gasteiger partial charge < -0.3 is 15.4 Å². The van der Waals surface area contributed by atoms with Crippen molar-refractivity contribution >= 4 is 11.9 Å². The van der Waals surface area contributed by atoms with Crippen molar-refractivity contribution in [3.8, 4) is 5.95 Å². The van der Waals surface area contributed by atoms with Gasteiger partial charge in [0.15, 0.2) is 0 Å². The molecule has 0 aliphatic carbocycles. The number of ether oxygens (including phenoxy) is 1. The van der Waals surface area contributed by atoms with E-state index < -0.39 is 0 Å². The number of rotatable bonds is 7. The number of methoxy groups -OCH3 is 1. The van der Waals surface area contributed by atoms with Gasteiger partial charge in [-0.05, 0) is 5.92 Å². The molecule has 2 heterocycles. The Kier molecular flexibility index (Phi) is 4.99. The summed E-state index contributed by atoms with van der Waals surface area (Å²) < 4.78 is 6.59. The number of aromatic nitrogens is 6. The molecule has 0 atom stereocenters. The summed E-state index contributed by atoms with van der Waals surface area (Å²) in [6.45, 7) is 6.31. The average molecular weight is 292 g/mol. The van der Waals surface area contributed by atoms with Gasteiger partial charge in [0.1, 0.15) is 12.7 Å². The molecule has 0 saturated carbocycles. The molecule has 0 aliphatic rings. The predicted octanol–water partition coefficient (Wildman–Crippen LogP) is 0.143. The van der Waals surface area contributed by atoms with E-state index in [-0.39, 0.29) is 5.95 Å². The van der Waals surface area contributed by atoms with Crippen molar-refractivity contribution in [1.82, 2.24) is 29.7 Å². The zero-order valence-corrected chi connectivity index (χ0v) is 12.5. The Labute approximate surface area is 123 Å². The second-order valence-electron chi connectivity index (χ2n) is 4.97. The highest BCUT2D eigenvalue weighted by atomic mass is 16.5. The zero-order chi connectivity index (χ0) is 15.2. The molecule has 0 spiro atoms. The summed E-state index contributed by atoms with van der Waals surface area (Å²) >= 11 is 0. The minimum absolute atomic E-state index is 0.150. The van der Waals surface area contributed by atoms with Gasteiger partial charge in [0.05, 0.1) is 6.61 Å². The fourth-order valence-electron chi connectivity index (χ4n) is 1.84. The minimum Gasteiger partial charge on any atom is -0.383 e. The molecule has 9 heteroatoms. The van der Waals surface area contributed by atoms with Crippen LogP contribution in [-0.2, 0) is 4.74 Å². The molecule has 0 aromatic carbocycles. The first kappa shape index (κ1) is 15.1. The SMILES string of the molecule is COCCN(CC(C)C)c1nc(N)nc(-n2cncn2)n1. The van der Waals surface area contributed by atoms with Gasteiger partial charge in [-0.2, -0.15) is 24.7 Å². The Bertz CT molecular complexity index is 556. The van der Waals surface area contributed by atoms with Crippen molar-refractivity contribution in [2.45, 2.75) is 13.8 Å². The lowest BCUT2D eigenvalue weighted by atomic mass is 10.2. The lowest BCUT2D eigenvalue weighted by Crippen LogP contribution is -2.33. The summed E-state index contributed by atoms with van der Waals surface area (Å²) in [5, 5.41) is 4.01. The van der Waals surface area contributed by atoms with Crippen LogP contribution in [0.25, 0.3) is 5.95 Å². The Balaban J connectivity index is 2.30. The van der Waals surface area contributed by atoms with Crippen molar-refractivity contribution < 1.29 is 4.74 Å². The summed E-state index contributed by atoms with van der Waals surface area (Å²) in [4.78, 5) is 18.6. The van der Waals surface area contributed by atoms with E-state index in [4.69, 9.17) is 10.5 Å². The topological polar surface area (TPSA) is 108 Å². The maximum absolute atomic E-state index is 5.78. The molecule has 114 valence electrons. The first-order valence-electron chi connectivity index (χ1n) is 6.70. The summed E-state index contributed by atoms with van der Waals surface area (Å²) in [6, 6.07) is 0. The van der Waals surface area contributed by atoms with Crippen LogP contribution in [0.5, 0.6) is 0 Å². The lowest BCUT2D eigenvalue weighted by Gasteiger charge is -2.24. The third-order valence-corrected chi connectivity index (χ3v) is 2.69. The molecule has 21 heavy (non-hydrogen) atoms. The molecule has 2 aromatic heterocycles. The summed E-state index contributed by atoms with van der Waals surface area (Å²) in [5.74, 6) is 1.46. The standard InChI is InChI=1S/C12H20N8O/c1-9(2)6-19(4-5-21-3)11-16-10(13)17-12(18-11)20-8-14-7-15-20/h7-9H,4-6H2,1-3H3,(H2,13,16,17,18). The molecule has 0 amide bonds. The highest BCUT2D eigenvalue weighted by molar-refractivity contribution is 5.37. The number of nitrogen functional groups attached to an aromatic ring is 1. The zero-order valence-electron chi connectivity index (χ0n) is 12.5. The van der Waals surface area contributed by atoms with Crippen LogP contribution in [0.4, 0.5) is 11.9 Å². The summed E-state index contributed by atoms with van der Waals surface area (Å²) in [7, 11) is 1.66. The Morgan fingerprint density at radius 2 is 2.14 bits per heavy atom. The van der Waals surface area contributed by atoms with Crippen LogP contribution in [0.3, 0.4) is 0 Å². The summed E-state index contributed by atoms with van der Waals surface area (Å²) in [5.41, 5.74) is 5.78. The van der Waals surface area contributed by atoms with Crippen molar-refractivity contribution in [2.24, 2.45) is 5.92 Å². The Hall–Kier alpha value is -2.29. The van der Waals surface area contributed by atoms with Crippen molar-refractivity contribution in [3.63, 3.8) is 0 Å². The summed E-state index contributed by atoms with van der Waals surface area (Å²) in [6.07, 6.45) is 2.93. The van der Waals surface area contributed by atoms with Gasteiger partial charge >= 0.3 is 0 Å². The van der Waals surface area contributed by atoms with E-state index in [1.54, 1.807) is 7.11 Å². The molecular formula is C12H20N8O. The molecule has 0 bridgehead atoms. The van der Waals surface area contributed by atoms with Gasteiger partial charge in [-0.15, -0.1) is 0 Å². The quantitative estimate of drug-likeness (QED) is 0.768. The number of hydrogen-bond acceptors (Lipinski definition) is 8. The van der Waals surface area contributed by atoms with Crippen LogP contribution in [0.15, 0.2) is 12.7 Å². The minimum atomic E-state index is 0.150. The normalized spacial score (nSPS) is 11.0. The van der Waals surface area contributed by atoms with Crippen LogP contribution in [0.1, 0.15) is 13.8 Å². The van der Waals surface area contributed by atoms with E-state index >= 15 is 0 Å². The fraction of sp³-hybridized carbons (Fsp3) is 0.583. The molecule has 0 fully saturated rings. The predicted molar refractivity (Wildman–Crippen MR) is 78.1 cm³/mol. The highest BCUT2D eigenvalue weighted by Crippen LogP contribution is 2.13. The van der Waals surface area contributed by atoms with Crippen molar-refractivity contribution in [3.05, 3.63) is 12.7 Å².